The highest BCUT2D eigenvalue weighted by atomic mass is 32.2. The maximum Gasteiger partial charge on any atom is 0.309 e. The predicted molar refractivity (Wildman–Crippen MR) is 124 cm³/mol. The molecule has 1 N–H and O–H groups in total. The molecule has 3 rings (SSSR count). The molecule has 2 aliphatic rings. The first-order valence-corrected chi connectivity index (χ1v) is 13.4. The minimum atomic E-state index is -3.64. The topological polar surface area (TPSA) is 102 Å². The van der Waals surface area contributed by atoms with Crippen molar-refractivity contribution in [2.24, 2.45) is 11.8 Å². The van der Waals surface area contributed by atoms with E-state index in [1.54, 1.807) is 19.1 Å². The number of piperidine rings is 1. The van der Waals surface area contributed by atoms with E-state index in [1.165, 1.54) is 22.9 Å². The standard InChI is InChI=1S/C24H36N2O6S/c1-4-31-20-9-11-21(12-10-20)33(29,30)26-15-13-19(14-16-26)24(28)32-18(3)23(27)25-22-8-6-5-7-17(22)2/h9-12,17-19,22H,4-8,13-16H2,1-3H3,(H,25,27)/t17-,18-,22+/m0/s1. The first-order chi connectivity index (χ1) is 15.7. The SMILES string of the molecule is CCOc1ccc(S(=O)(=O)N2CCC(C(=O)O[C@@H](C)C(=O)N[C@@H]3CCCC[C@@H]3C)CC2)cc1. The van der Waals surface area contributed by atoms with E-state index < -0.39 is 28.0 Å². The van der Waals surface area contributed by atoms with Crippen molar-refractivity contribution in [2.75, 3.05) is 19.7 Å². The molecule has 0 unspecified atom stereocenters. The van der Waals surface area contributed by atoms with Crippen molar-refractivity contribution >= 4 is 21.9 Å². The Morgan fingerprint density at radius 1 is 1.09 bits per heavy atom. The Kier molecular flexibility index (Phi) is 8.75. The van der Waals surface area contributed by atoms with Crippen LogP contribution in [-0.4, -0.2) is 56.4 Å². The second-order valence-corrected chi connectivity index (χ2v) is 11.0. The minimum absolute atomic E-state index is 0.128. The molecule has 184 valence electrons. The Balaban J connectivity index is 1.49. The van der Waals surface area contributed by atoms with Crippen LogP contribution in [0.5, 0.6) is 5.75 Å². The van der Waals surface area contributed by atoms with Gasteiger partial charge in [0.25, 0.3) is 5.91 Å². The Labute approximate surface area is 197 Å². The summed E-state index contributed by atoms with van der Waals surface area (Å²) in [7, 11) is -3.64. The number of sulfonamides is 1. The third-order valence-corrected chi connectivity index (χ3v) is 8.57. The molecule has 1 aromatic rings. The maximum atomic E-state index is 12.9. The highest BCUT2D eigenvalue weighted by Crippen LogP contribution is 2.27. The van der Waals surface area contributed by atoms with Crippen molar-refractivity contribution in [3.05, 3.63) is 24.3 Å². The first-order valence-electron chi connectivity index (χ1n) is 12.0. The molecule has 2 fully saturated rings. The molecule has 33 heavy (non-hydrogen) atoms. The number of carbonyl (C=O) groups excluding carboxylic acids is 2. The van der Waals surface area contributed by atoms with Crippen molar-refractivity contribution in [3.63, 3.8) is 0 Å². The van der Waals surface area contributed by atoms with Crippen LogP contribution in [0.4, 0.5) is 0 Å². The lowest BCUT2D eigenvalue weighted by Gasteiger charge is -2.32. The van der Waals surface area contributed by atoms with Gasteiger partial charge in [-0.15, -0.1) is 0 Å². The monoisotopic (exact) mass is 480 g/mol. The van der Waals surface area contributed by atoms with Gasteiger partial charge in [-0.05, 0) is 69.7 Å². The van der Waals surface area contributed by atoms with Crippen LogP contribution in [0, 0.1) is 11.8 Å². The zero-order chi connectivity index (χ0) is 24.0. The second kappa shape index (κ2) is 11.3. The number of nitrogens with zero attached hydrogens (tertiary/aromatic N) is 1. The van der Waals surface area contributed by atoms with Crippen molar-refractivity contribution in [1.29, 1.82) is 0 Å². The van der Waals surface area contributed by atoms with Gasteiger partial charge in [0.05, 0.1) is 17.4 Å². The fourth-order valence-corrected chi connectivity index (χ4v) is 5.98. The third-order valence-electron chi connectivity index (χ3n) is 6.66. The number of benzene rings is 1. The summed E-state index contributed by atoms with van der Waals surface area (Å²) >= 11 is 0. The summed E-state index contributed by atoms with van der Waals surface area (Å²) in [6.45, 7) is 6.56. The lowest BCUT2D eigenvalue weighted by atomic mass is 9.86. The van der Waals surface area contributed by atoms with Crippen LogP contribution in [0.3, 0.4) is 0 Å². The lowest BCUT2D eigenvalue weighted by Crippen LogP contribution is -2.47. The minimum Gasteiger partial charge on any atom is -0.494 e. The molecule has 1 heterocycles. The third kappa shape index (κ3) is 6.47. The molecule has 0 radical (unpaired) electrons. The van der Waals surface area contributed by atoms with E-state index in [1.807, 2.05) is 6.92 Å². The number of amides is 1. The predicted octanol–water partition coefficient (Wildman–Crippen LogP) is 3.11. The maximum absolute atomic E-state index is 12.9. The van der Waals surface area contributed by atoms with Crippen LogP contribution in [0.15, 0.2) is 29.2 Å². The van der Waals surface area contributed by atoms with Gasteiger partial charge >= 0.3 is 5.97 Å². The van der Waals surface area contributed by atoms with Crippen LogP contribution >= 0.6 is 0 Å². The summed E-state index contributed by atoms with van der Waals surface area (Å²) in [5, 5.41) is 3.02. The van der Waals surface area contributed by atoms with E-state index in [9.17, 15) is 18.0 Å². The van der Waals surface area contributed by atoms with Gasteiger partial charge in [0.2, 0.25) is 10.0 Å². The van der Waals surface area contributed by atoms with Crippen LogP contribution < -0.4 is 10.1 Å². The Hall–Kier alpha value is -2.13. The molecular weight excluding hydrogens is 444 g/mol. The molecule has 9 heteroatoms. The molecule has 3 atom stereocenters. The van der Waals surface area contributed by atoms with E-state index in [-0.39, 0.29) is 29.9 Å². The van der Waals surface area contributed by atoms with Gasteiger partial charge in [-0.1, -0.05) is 19.8 Å². The number of ether oxygens (including phenoxy) is 2. The largest absolute Gasteiger partial charge is 0.494 e. The molecule has 1 saturated carbocycles. The van der Waals surface area contributed by atoms with Crippen molar-refractivity contribution in [3.8, 4) is 5.75 Å². The van der Waals surface area contributed by atoms with Crippen LogP contribution in [0.1, 0.15) is 59.3 Å². The molecule has 1 aromatic carbocycles. The van der Waals surface area contributed by atoms with Crippen LogP contribution in [0.25, 0.3) is 0 Å². The summed E-state index contributed by atoms with van der Waals surface area (Å²) in [6.07, 6.45) is 4.20. The number of esters is 1. The second-order valence-electron chi connectivity index (χ2n) is 9.04. The molecule has 1 aliphatic heterocycles. The summed E-state index contributed by atoms with van der Waals surface area (Å²) in [5.41, 5.74) is 0. The molecular formula is C24H36N2O6S. The average Bonchev–Trinajstić information content (AvgIpc) is 2.81. The quantitative estimate of drug-likeness (QED) is 0.574. The van der Waals surface area contributed by atoms with E-state index >= 15 is 0 Å². The van der Waals surface area contributed by atoms with E-state index in [2.05, 4.69) is 12.2 Å². The normalized spacial score (nSPS) is 23.5. The van der Waals surface area contributed by atoms with Crippen molar-refractivity contribution in [1.82, 2.24) is 9.62 Å². The van der Waals surface area contributed by atoms with Gasteiger partial charge in [-0.25, -0.2) is 8.42 Å². The van der Waals surface area contributed by atoms with Crippen LogP contribution in [0.2, 0.25) is 0 Å². The number of hydrogen-bond donors (Lipinski definition) is 1. The zero-order valence-electron chi connectivity index (χ0n) is 19.8. The number of carbonyl (C=O) groups is 2. The fourth-order valence-electron chi connectivity index (χ4n) is 4.51. The average molecular weight is 481 g/mol. The smallest absolute Gasteiger partial charge is 0.309 e. The Morgan fingerprint density at radius 2 is 1.73 bits per heavy atom. The van der Waals surface area contributed by atoms with Crippen LogP contribution in [-0.2, 0) is 24.3 Å². The highest BCUT2D eigenvalue weighted by Gasteiger charge is 2.34. The first kappa shape index (κ1) is 25.5. The molecule has 0 bridgehead atoms. The van der Waals surface area contributed by atoms with E-state index in [0.29, 0.717) is 31.1 Å². The molecule has 0 aromatic heterocycles. The van der Waals surface area contributed by atoms with Gasteiger partial charge in [0.1, 0.15) is 5.75 Å². The van der Waals surface area contributed by atoms with Gasteiger partial charge in [0, 0.05) is 19.1 Å². The Bertz CT molecular complexity index is 909. The zero-order valence-corrected chi connectivity index (χ0v) is 20.6. The number of hydrogen-bond acceptors (Lipinski definition) is 6. The molecule has 1 amide bonds. The molecule has 0 spiro atoms. The Morgan fingerprint density at radius 3 is 2.33 bits per heavy atom. The van der Waals surface area contributed by atoms with Crippen molar-refractivity contribution < 1.29 is 27.5 Å². The highest BCUT2D eigenvalue weighted by molar-refractivity contribution is 7.89. The van der Waals surface area contributed by atoms with Gasteiger partial charge in [-0.2, -0.15) is 4.31 Å². The molecule has 1 aliphatic carbocycles. The number of rotatable bonds is 8. The summed E-state index contributed by atoms with van der Waals surface area (Å²) in [5.74, 6) is -0.0769. The summed E-state index contributed by atoms with van der Waals surface area (Å²) < 4.78 is 38.1. The van der Waals surface area contributed by atoms with Gasteiger partial charge in [0.15, 0.2) is 6.10 Å². The van der Waals surface area contributed by atoms with Crippen molar-refractivity contribution in [2.45, 2.75) is 76.3 Å². The summed E-state index contributed by atoms with van der Waals surface area (Å²) in [4.78, 5) is 25.3. The molecule has 8 nitrogen and oxygen atoms in total. The van der Waals surface area contributed by atoms with E-state index in [4.69, 9.17) is 9.47 Å². The van der Waals surface area contributed by atoms with Gasteiger partial charge < -0.3 is 14.8 Å². The number of nitrogens with one attached hydrogen (secondary N) is 1. The lowest BCUT2D eigenvalue weighted by molar-refractivity contribution is -0.160. The fraction of sp³-hybridized carbons (Fsp3) is 0.667. The van der Waals surface area contributed by atoms with Gasteiger partial charge in [-0.3, -0.25) is 9.59 Å². The molecule has 1 saturated heterocycles. The van der Waals surface area contributed by atoms with E-state index in [0.717, 1.165) is 19.3 Å². The summed E-state index contributed by atoms with van der Waals surface area (Å²) in [6, 6.07) is 6.48.